The Hall–Kier alpha value is -3.51. The Morgan fingerprint density at radius 3 is 2.37 bits per heavy atom. The summed E-state index contributed by atoms with van der Waals surface area (Å²) in [5.74, 6) is 0.521. The predicted molar refractivity (Wildman–Crippen MR) is 177 cm³/mol. The average molecular weight is 572 g/mol. The molecular formula is C35H45N3O2S. The Bertz CT molecular complexity index is 1410. The van der Waals surface area contributed by atoms with Crippen molar-refractivity contribution in [3.05, 3.63) is 90.1 Å². The van der Waals surface area contributed by atoms with Gasteiger partial charge in [-0.2, -0.15) is 0 Å². The summed E-state index contributed by atoms with van der Waals surface area (Å²) in [5, 5.41) is 5.23. The second-order valence-corrected chi connectivity index (χ2v) is 11.4. The number of fused-ring (bicyclic) bond motifs is 1. The van der Waals surface area contributed by atoms with Gasteiger partial charge in [-0.3, -0.25) is 14.1 Å². The quantitative estimate of drug-likeness (QED) is 0.251. The van der Waals surface area contributed by atoms with E-state index in [4.69, 9.17) is 0 Å². The van der Waals surface area contributed by atoms with Crippen LogP contribution >= 0.6 is 0 Å². The number of carbonyl (C=O) groups excluding carboxylic acids is 1. The maximum absolute atomic E-state index is 13.0. The molecular weight excluding hydrogens is 526 g/mol. The fourth-order valence-corrected chi connectivity index (χ4v) is 6.10. The second kappa shape index (κ2) is 16.7. The second-order valence-electron chi connectivity index (χ2n) is 9.95. The van der Waals surface area contributed by atoms with Gasteiger partial charge in [-0.25, -0.2) is 4.21 Å². The van der Waals surface area contributed by atoms with Crippen LogP contribution in [0.1, 0.15) is 82.1 Å². The minimum absolute atomic E-state index is 0.177. The molecule has 1 N–H and O–H groups in total. The molecule has 1 fully saturated rings. The lowest BCUT2D eigenvalue weighted by Crippen LogP contribution is -2.26. The molecule has 1 amide bonds. The highest BCUT2D eigenvalue weighted by Crippen LogP contribution is 2.31. The van der Waals surface area contributed by atoms with Crippen LogP contribution in [0.15, 0.2) is 79.0 Å². The number of nitrogens with one attached hydrogen (secondary N) is 1. The lowest BCUT2D eigenvalue weighted by Gasteiger charge is -2.21. The van der Waals surface area contributed by atoms with Crippen LogP contribution in [0.2, 0.25) is 0 Å². The molecule has 1 atom stereocenters. The highest BCUT2D eigenvalue weighted by molar-refractivity contribution is 7.86. The number of carbonyl (C=O) groups is 1. The van der Waals surface area contributed by atoms with Crippen molar-refractivity contribution in [2.75, 3.05) is 21.9 Å². The molecule has 218 valence electrons. The van der Waals surface area contributed by atoms with Gasteiger partial charge in [0.2, 0.25) is 0 Å². The standard InChI is InChI=1S/C28H27N3O2S.C5H12.C2H6/c1-20-9-12-23(19-26(20)27-25-8-4-3-7-21(25)15-16-29-27)30-28(32)22-10-13-24(14-11-22)31-17-5-2-6-18-34(31)33;1-3-5-4-2;1-2/h3-4,7-16,19H,2,5-6,17-18H2,1H3,(H,30,32);3-5H2,1-2H3;1-2H3. The van der Waals surface area contributed by atoms with Crippen molar-refractivity contribution in [2.24, 2.45) is 0 Å². The predicted octanol–water partition coefficient (Wildman–Crippen LogP) is 9.34. The third kappa shape index (κ3) is 8.74. The molecule has 0 spiro atoms. The zero-order valence-electron chi connectivity index (χ0n) is 25.3. The van der Waals surface area contributed by atoms with Crippen molar-refractivity contribution in [2.45, 2.75) is 73.1 Å². The zero-order chi connectivity index (χ0) is 29.6. The van der Waals surface area contributed by atoms with Gasteiger partial charge in [-0.05, 0) is 73.2 Å². The summed E-state index contributed by atoms with van der Waals surface area (Å²) in [5.41, 5.74) is 5.18. The van der Waals surface area contributed by atoms with E-state index in [0.29, 0.717) is 11.3 Å². The largest absolute Gasteiger partial charge is 0.322 e. The number of pyridine rings is 1. The van der Waals surface area contributed by atoms with E-state index in [9.17, 15) is 9.00 Å². The van der Waals surface area contributed by atoms with E-state index in [-0.39, 0.29) is 5.91 Å². The topological polar surface area (TPSA) is 62.3 Å². The zero-order valence-corrected chi connectivity index (χ0v) is 26.1. The maximum atomic E-state index is 13.0. The van der Waals surface area contributed by atoms with E-state index < -0.39 is 11.0 Å². The van der Waals surface area contributed by atoms with Gasteiger partial charge in [0.1, 0.15) is 11.0 Å². The molecule has 5 rings (SSSR count). The van der Waals surface area contributed by atoms with Gasteiger partial charge in [0.05, 0.1) is 5.69 Å². The molecule has 0 saturated carbocycles. The van der Waals surface area contributed by atoms with E-state index in [1.165, 1.54) is 19.3 Å². The molecule has 1 aliphatic heterocycles. The first kappa shape index (κ1) is 32.0. The smallest absolute Gasteiger partial charge is 0.255 e. The Kier molecular flexibility index (Phi) is 13.0. The summed E-state index contributed by atoms with van der Waals surface area (Å²) in [4.78, 5) is 17.6. The molecule has 5 nitrogen and oxygen atoms in total. The average Bonchev–Trinajstić information content (AvgIpc) is 3.24. The van der Waals surface area contributed by atoms with E-state index in [1.807, 2.05) is 72.9 Å². The SMILES string of the molecule is CC.CCCCC.Cc1ccc(NC(=O)c2ccc(N3CCCCCS3=O)cc2)cc1-c1nccc2ccccc12. The number of aromatic nitrogens is 1. The van der Waals surface area contributed by atoms with Gasteiger partial charge >= 0.3 is 0 Å². The van der Waals surface area contributed by atoms with E-state index in [2.05, 4.69) is 43.2 Å². The molecule has 3 aromatic carbocycles. The lowest BCUT2D eigenvalue weighted by atomic mass is 9.99. The molecule has 1 aromatic heterocycles. The first-order valence-electron chi connectivity index (χ1n) is 15.0. The summed E-state index contributed by atoms with van der Waals surface area (Å²) in [7, 11) is -1.00. The maximum Gasteiger partial charge on any atom is 0.255 e. The van der Waals surface area contributed by atoms with Crippen LogP contribution in [0, 0.1) is 6.92 Å². The van der Waals surface area contributed by atoms with E-state index >= 15 is 0 Å². The van der Waals surface area contributed by atoms with Gasteiger partial charge in [-0.15, -0.1) is 0 Å². The van der Waals surface area contributed by atoms with Crippen LogP contribution in [-0.2, 0) is 11.0 Å². The molecule has 1 aliphatic rings. The molecule has 6 heteroatoms. The minimum atomic E-state index is -1.00. The summed E-state index contributed by atoms with van der Waals surface area (Å²) >= 11 is 0. The normalized spacial score (nSPS) is 14.7. The molecule has 0 bridgehead atoms. The molecule has 41 heavy (non-hydrogen) atoms. The molecule has 1 unspecified atom stereocenters. The number of benzene rings is 3. The van der Waals surface area contributed by atoms with Gasteiger partial charge in [0, 0.05) is 46.4 Å². The van der Waals surface area contributed by atoms with Crippen molar-refractivity contribution in [3.63, 3.8) is 0 Å². The van der Waals surface area contributed by atoms with Gasteiger partial charge in [0.15, 0.2) is 0 Å². The monoisotopic (exact) mass is 571 g/mol. The number of unbranched alkanes of at least 4 members (excludes halogenated alkanes) is 2. The fourth-order valence-electron chi connectivity index (χ4n) is 4.74. The number of nitrogens with zero attached hydrogens (tertiary/aromatic N) is 2. The first-order valence-corrected chi connectivity index (χ1v) is 16.3. The van der Waals surface area contributed by atoms with Crippen LogP contribution in [0.4, 0.5) is 11.4 Å². The number of rotatable bonds is 6. The van der Waals surface area contributed by atoms with E-state index in [1.54, 1.807) is 12.1 Å². The number of hydrogen-bond donors (Lipinski definition) is 1. The van der Waals surface area contributed by atoms with Crippen LogP contribution in [0.5, 0.6) is 0 Å². The van der Waals surface area contributed by atoms with Crippen molar-refractivity contribution in [1.29, 1.82) is 0 Å². The van der Waals surface area contributed by atoms with Crippen molar-refractivity contribution < 1.29 is 9.00 Å². The number of hydrogen-bond acceptors (Lipinski definition) is 3. The minimum Gasteiger partial charge on any atom is -0.322 e. The third-order valence-electron chi connectivity index (χ3n) is 6.97. The van der Waals surface area contributed by atoms with Crippen LogP contribution in [-0.4, -0.2) is 27.4 Å². The molecule has 1 saturated heterocycles. The first-order chi connectivity index (χ1) is 20.0. The lowest BCUT2D eigenvalue weighted by molar-refractivity contribution is 0.102. The Balaban J connectivity index is 0.000000598. The van der Waals surface area contributed by atoms with Crippen molar-refractivity contribution >= 4 is 39.0 Å². The molecule has 2 heterocycles. The number of anilines is 2. The Labute approximate surface area is 249 Å². The molecule has 4 aromatic rings. The van der Waals surface area contributed by atoms with Crippen LogP contribution < -0.4 is 9.62 Å². The molecule has 0 radical (unpaired) electrons. The van der Waals surface area contributed by atoms with Crippen molar-refractivity contribution in [1.82, 2.24) is 4.98 Å². The fraction of sp³-hybridized carbons (Fsp3) is 0.371. The summed E-state index contributed by atoms with van der Waals surface area (Å²) in [6, 6.07) is 23.5. The van der Waals surface area contributed by atoms with Gasteiger partial charge in [-0.1, -0.05) is 83.7 Å². The number of amides is 1. The van der Waals surface area contributed by atoms with Crippen LogP contribution in [0.3, 0.4) is 0 Å². The highest BCUT2D eigenvalue weighted by atomic mass is 32.2. The molecule has 0 aliphatic carbocycles. The summed E-state index contributed by atoms with van der Waals surface area (Å²) in [6.45, 7) is 11.3. The Morgan fingerprint density at radius 1 is 0.927 bits per heavy atom. The van der Waals surface area contributed by atoms with Crippen LogP contribution in [0.25, 0.3) is 22.0 Å². The number of aryl methyl sites for hydroxylation is 1. The summed E-state index contributed by atoms with van der Waals surface area (Å²) in [6.07, 6.45) is 9.04. The third-order valence-corrected chi connectivity index (χ3v) is 8.50. The highest BCUT2D eigenvalue weighted by Gasteiger charge is 2.18. The Morgan fingerprint density at radius 2 is 1.66 bits per heavy atom. The van der Waals surface area contributed by atoms with Gasteiger partial charge in [0.25, 0.3) is 5.91 Å². The van der Waals surface area contributed by atoms with Gasteiger partial charge < -0.3 is 5.32 Å². The van der Waals surface area contributed by atoms with E-state index in [0.717, 1.165) is 64.8 Å². The van der Waals surface area contributed by atoms with Crippen molar-refractivity contribution in [3.8, 4) is 11.3 Å². The summed E-state index contributed by atoms with van der Waals surface area (Å²) < 4.78 is 14.4.